The normalized spacial score (nSPS) is 14.1. The summed E-state index contributed by atoms with van der Waals surface area (Å²) in [6.45, 7) is 6.21. The van der Waals surface area contributed by atoms with Crippen LogP contribution < -0.4 is 10.6 Å². The fourth-order valence-corrected chi connectivity index (χ4v) is 2.82. The zero-order valence-corrected chi connectivity index (χ0v) is 15.9. The summed E-state index contributed by atoms with van der Waals surface area (Å²) in [6, 6.07) is 7.84. The lowest BCUT2D eigenvalue weighted by Crippen LogP contribution is -2.47. The van der Waals surface area contributed by atoms with Crippen molar-refractivity contribution < 1.29 is 9.59 Å². The fourth-order valence-electron chi connectivity index (χ4n) is 2.82. The van der Waals surface area contributed by atoms with Gasteiger partial charge in [0.15, 0.2) is 0 Å². The molecule has 0 atom stereocenters. The third-order valence-electron chi connectivity index (χ3n) is 4.26. The van der Waals surface area contributed by atoms with Crippen LogP contribution in [0.3, 0.4) is 0 Å². The Balaban J connectivity index is 0.00000312. The van der Waals surface area contributed by atoms with E-state index in [1.807, 2.05) is 41.1 Å². The van der Waals surface area contributed by atoms with Crippen molar-refractivity contribution >= 4 is 29.9 Å². The summed E-state index contributed by atoms with van der Waals surface area (Å²) in [7, 11) is 1.87. The lowest BCUT2D eigenvalue weighted by Gasteiger charge is -2.28. The van der Waals surface area contributed by atoms with Crippen molar-refractivity contribution in [1.29, 1.82) is 0 Å². The van der Waals surface area contributed by atoms with Gasteiger partial charge in [-0.05, 0) is 25.1 Å². The number of aryl methyl sites for hydroxylation is 1. The van der Waals surface area contributed by atoms with E-state index >= 15 is 0 Å². The number of piperazine rings is 1. The number of likely N-dealkylation sites (N-methyl/N-ethyl adjacent to an activating group) is 1. The molecule has 1 aromatic rings. The molecule has 1 fully saturated rings. The van der Waals surface area contributed by atoms with Gasteiger partial charge in [-0.25, -0.2) is 0 Å². The zero-order valence-electron chi connectivity index (χ0n) is 15.1. The maximum atomic E-state index is 12.2. The molecule has 7 heteroatoms. The van der Waals surface area contributed by atoms with E-state index < -0.39 is 0 Å². The number of carbonyl (C=O) groups excluding carboxylic acids is 2. The number of amides is 2. The number of carbonyl (C=O) groups is 2. The van der Waals surface area contributed by atoms with Crippen LogP contribution in [-0.4, -0.2) is 67.9 Å². The summed E-state index contributed by atoms with van der Waals surface area (Å²) >= 11 is 0. The first-order valence-corrected chi connectivity index (χ1v) is 8.65. The van der Waals surface area contributed by atoms with Crippen LogP contribution in [-0.2, 0) is 16.0 Å². The van der Waals surface area contributed by atoms with Gasteiger partial charge >= 0.3 is 0 Å². The van der Waals surface area contributed by atoms with Crippen LogP contribution in [0.5, 0.6) is 0 Å². The van der Waals surface area contributed by atoms with Crippen LogP contribution in [0.2, 0.25) is 0 Å². The smallest absolute Gasteiger partial charge is 0.238 e. The second-order valence-corrected chi connectivity index (χ2v) is 6.18. The summed E-state index contributed by atoms with van der Waals surface area (Å²) in [4.78, 5) is 28.1. The van der Waals surface area contributed by atoms with E-state index in [2.05, 4.69) is 17.6 Å². The van der Waals surface area contributed by atoms with Gasteiger partial charge in [0.25, 0.3) is 0 Å². The van der Waals surface area contributed by atoms with Gasteiger partial charge in [-0.2, -0.15) is 0 Å². The van der Waals surface area contributed by atoms with Crippen LogP contribution >= 0.6 is 12.4 Å². The van der Waals surface area contributed by atoms with Gasteiger partial charge < -0.3 is 15.5 Å². The van der Waals surface area contributed by atoms with Crippen LogP contribution in [0.25, 0.3) is 0 Å². The summed E-state index contributed by atoms with van der Waals surface area (Å²) in [5.41, 5.74) is 2.00. The average Bonchev–Trinajstić information content (AvgIpc) is 2.60. The van der Waals surface area contributed by atoms with E-state index in [1.54, 1.807) is 0 Å². The van der Waals surface area contributed by atoms with E-state index in [9.17, 15) is 9.59 Å². The highest BCUT2D eigenvalue weighted by molar-refractivity contribution is 5.93. The molecule has 0 radical (unpaired) electrons. The molecule has 2 N–H and O–H groups in total. The molecule has 0 saturated carbocycles. The second kappa shape index (κ2) is 11.1. The number of para-hydroxylation sites is 1. The minimum Gasteiger partial charge on any atom is -0.340 e. The first-order chi connectivity index (χ1) is 11.6. The predicted octanol–water partition coefficient (Wildman–Crippen LogP) is 1.36. The molecular weight excluding hydrogens is 340 g/mol. The van der Waals surface area contributed by atoms with E-state index in [4.69, 9.17) is 0 Å². The number of anilines is 1. The lowest BCUT2D eigenvalue weighted by molar-refractivity contribution is -0.132. The molecule has 1 heterocycles. The monoisotopic (exact) mass is 368 g/mol. The van der Waals surface area contributed by atoms with Gasteiger partial charge in [0.05, 0.1) is 6.54 Å². The van der Waals surface area contributed by atoms with Crippen molar-refractivity contribution in [2.75, 3.05) is 51.6 Å². The molecule has 1 aliphatic heterocycles. The molecule has 6 nitrogen and oxygen atoms in total. The van der Waals surface area contributed by atoms with Crippen molar-refractivity contribution in [3.63, 3.8) is 0 Å². The number of nitrogens with one attached hydrogen (secondary N) is 2. The lowest BCUT2D eigenvalue weighted by atomic mass is 10.1. The highest BCUT2D eigenvalue weighted by Crippen LogP contribution is 2.15. The van der Waals surface area contributed by atoms with Gasteiger partial charge in [0.2, 0.25) is 11.8 Å². The molecule has 0 aliphatic carbocycles. The minimum absolute atomic E-state index is 0. The largest absolute Gasteiger partial charge is 0.340 e. The molecule has 1 aliphatic rings. The summed E-state index contributed by atoms with van der Waals surface area (Å²) in [6.07, 6.45) is 1.33. The Bertz CT molecular complexity index is 562. The van der Waals surface area contributed by atoms with Crippen LogP contribution in [0.4, 0.5) is 5.69 Å². The second-order valence-electron chi connectivity index (χ2n) is 6.18. The van der Waals surface area contributed by atoms with Gasteiger partial charge in [0, 0.05) is 44.8 Å². The van der Waals surface area contributed by atoms with Crippen molar-refractivity contribution in [2.24, 2.45) is 0 Å². The Hall–Kier alpha value is -1.63. The molecule has 2 rings (SSSR count). The molecule has 0 unspecified atom stereocenters. The third-order valence-corrected chi connectivity index (χ3v) is 4.26. The van der Waals surface area contributed by atoms with E-state index in [1.165, 1.54) is 0 Å². The number of nitrogens with zero attached hydrogens (tertiary/aromatic N) is 2. The van der Waals surface area contributed by atoms with Crippen molar-refractivity contribution in [2.45, 2.75) is 19.8 Å². The van der Waals surface area contributed by atoms with E-state index in [0.29, 0.717) is 13.0 Å². The van der Waals surface area contributed by atoms with Gasteiger partial charge in [-0.15, -0.1) is 12.4 Å². The third kappa shape index (κ3) is 7.02. The molecule has 0 aromatic heterocycles. The highest BCUT2D eigenvalue weighted by atomic mass is 35.5. The fraction of sp³-hybridized carbons (Fsp3) is 0.556. The molecule has 1 saturated heterocycles. The average molecular weight is 369 g/mol. The van der Waals surface area contributed by atoms with Crippen molar-refractivity contribution in [3.05, 3.63) is 29.8 Å². The molecule has 0 bridgehead atoms. The molecule has 2 amide bonds. The predicted molar refractivity (Wildman–Crippen MR) is 103 cm³/mol. The Morgan fingerprint density at radius 2 is 1.92 bits per heavy atom. The first-order valence-electron chi connectivity index (χ1n) is 8.65. The topological polar surface area (TPSA) is 64.7 Å². The summed E-state index contributed by atoms with van der Waals surface area (Å²) < 4.78 is 0. The minimum atomic E-state index is -0.0481. The standard InChI is InChI=1S/C18H28N4O2.ClH/c1-3-15-6-4-5-7-16(15)20-17(23)14-21(2)11-8-18(24)22-12-9-19-10-13-22;/h4-7,19H,3,8-14H2,1-2H3,(H,20,23);1H. The van der Waals surface area contributed by atoms with Crippen LogP contribution in [0.15, 0.2) is 24.3 Å². The maximum Gasteiger partial charge on any atom is 0.238 e. The maximum absolute atomic E-state index is 12.2. The van der Waals surface area contributed by atoms with Gasteiger partial charge in [-0.3, -0.25) is 14.5 Å². The molecule has 0 spiro atoms. The number of halogens is 1. The Labute approximate surface area is 156 Å². The zero-order chi connectivity index (χ0) is 17.4. The summed E-state index contributed by atoms with van der Waals surface area (Å²) in [5.74, 6) is 0.119. The SMILES string of the molecule is CCc1ccccc1NC(=O)CN(C)CCC(=O)N1CCNCC1.Cl. The Morgan fingerprint density at radius 3 is 2.60 bits per heavy atom. The molecule has 140 valence electrons. The molecule has 1 aromatic carbocycles. The van der Waals surface area contributed by atoms with Gasteiger partial charge in [0.1, 0.15) is 0 Å². The Morgan fingerprint density at radius 1 is 1.24 bits per heavy atom. The number of hydrogen-bond donors (Lipinski definition) is 2. The summed E-state index contributed by atoms with van der Waals surface area (Å²) in [5, 5.41) is 6.19. The number of rotatable bonds is 7. The van der Waals surface area contributed by atoms with Crippen LogP contribution in [0, 0.1) is 0 Å². The highest BCUT2D eigenvalue weighted by Gasteiger charge is 2.17. The quantitative estimate of drug-likeness (QED) is 0.762. The van der Waals surface area contributed by atoms with E-state index in [-0.39, 0.29) is 30.8 Å². The molecular formula is C18H29ClN4O2. The Kier molecular flexibility index (Phi) is 9.49. The van der Waals surface area contributed by atoms with Crippen molar-refractivity contribution in [1.82, 2.24) is 15.1 Å². The van der Waals surface area contributed by atoms with Gasteiger partial charge in [-0.1, -0.05) is 25.1 Å². The van der Waals surface area contributed by atoms with Crippen molar-refractivity contribution in [3.8, 4) is 0 Å². The number of hydrogen-bond acceptors (Lipinski definition) is 4. The van der Waals surface area contributed by atoms with Crippen LogP contribution in [0.1, 0.15) is 18.9 Å². The number of benzene rings is 1. The first kappa shape index (κ1) is 21.4. The molecule has 25 heavy (non-hydrogen) atoms. The van der Waals surface area contributed by atoms with E-state index in [0.717, 1.165) is 43.9 Å².